The third-order valence-electron chi connectivity index (χ3n) is 2.73. The second-order valence-corrected chi connectivity index (χ2v) is 4.34. The zero-order chi connectivity index (χ0) is 15.0. The molecule has 2 N–H and O–H groups in total. The molecule has 0 aliphatic carbocycles. The van der Waals surface area contributed by atoms with E-state index in [1.165, 1.54) is 6.07 Å². The van der Waals surface area contributed by atoms with Crippen LogP contribution in [0.5, 0.6) is 0 Å². The molecule has 6 heteroatoms. The van der Waals surface area contributed by atoms with E-state index < -0.39 is 11.6 Å². The number of carbonyl (C=O) groups is 1. The van der Waals surface area contributed by atoms with Gasteiger partial charge in [0, 0.05) is 12.6 Å². The molecule has 0 heterocycles. The highest BCUT2D eigenvalue weighted by Gasteiger charge is 2.15. The average molecular weight is 287 g/mol. The summed E-state index contributed by atoms with van der Waals surface area (Å²) in [5.41, 5.74) is 0.573. The maximum Gasteiger partial charge on any atom is 0.307 e. The lowest BCUT2D eigenvalue weighted by Crippen LogP contribution is -2.35. The number of aliphatic hydroxyl groups is 1. The van der Waals surface area contributed by atoms with Crippen LogP contribution in [-0.4, -0.2) is 36.9 Å². The Bertz CT molecular complexity index is 440. The summed E-state index contributed by atoms with van der Waals surface area (Å²) in [6.45, 7) is 2.24. The van der Waals surface area contributed by atoms with E-state index in [1.54, 1.807) is 6.92 Å². The predicted molar refractivity (Wildman–Crippen MR) is 70.2 cm³/mol. The normalized spacial score (nSPS) is 12.2. The van der Waals surface area contributed by atoms with Crippen molar-refractivity contribution in [3.63, 3.8) is 0 Å². The summed E-state index contributed by atoms with van der Waals surface area (Å²) in [6, 6.07) is 3.33. The molecule has 112 valence electrons. The number of hydrogen-bond donors (Lipinski definition) is 2. The van der Waals surface area contributed by atoms with Crippen LogP contribution < -0.4 is 5.32 Å². The topological polar surface area (TPSA) is 58.6 Å². The van der Waals surface area contributed by atoms with Crippen LogP contribution in [0.2, 0.25) is 0 Å². The second kappa shape index (κ2) is 8.60. The summed E-state index contributed by atoms with van der Waals surface area (Å²) in [6.07, 6.45) is 0.447. The molecule has 1 atom stereocenters. The highest BCUT2D eigenvalue weighted by atomic mass is 19.2. The maximum absolute atomic E-state index is 13.1. The van der Waals surface area contributed by atoms with Gasteiger partial charge >= 0.3 is 5.97 Å². The van der Waals surface area contributed by atoms with E-state index in [1.807, 2.05) is 0 Å². The summed E-state index contributed by atoms with van der Waals surface area (Å²) in [7, 11) is 0. The lowest BCUT2D eigenvalue weighted by molar-refractivity contribution is -0.143. The molecule has 1 aromatic carbocycles. The van der Waals surface area contributed by atoms with Crippen LogP contribution in [0.3, 0.4) is 0 Å². The van der Waals surface area contributed by atoms with Crippen molar-refractivity contribution < 1.29 is 23.4 Å². The van der Waals surface area contributed by atoms with Gasteiger partial charge in [0.25, 0.3) is 0 Å². The van der Waals surface area contributed by atoms with Crippen molar-refractivity contribution in [3.8, 4) is 0 Å². The zero-order valence-electron chi connectivity index (χ0n) is 11.4. The van der Waals surface area contributed by atoms with Crippen LogP contribution in [0, 0.1) is 11.6 Å². The first kappa shape index (κ1) is 16.5. The molecule has 1 aromatic rings. The van der Waals surface area contributed by atoms with Crippen LogP contribution in [-0.2, 0) is 16.0 Å². The van der Waals surface area contributed by atoms with Crippen molar-refractivity contribution in [2.24, 2.45) is 0 Å². The smallest absolute Gasteiger partial charge is 0.307 e. The first-order valence-corrected chi connectivity index (χ1v) is 6.50. The van der Waals surface area contributed by atoms with Crippen molar-refractivity contribution in [1.82, 2.24) is 5.32 Å². The number of benzene rings is 1. The van der Waals surface area contributed by atoms with E-state index >= 15 is 0 Å². The van der Waals surface area contributed by atoms with Gasteiger partial charge < -0.3 is 15.2 Å². The van der Waals surface area contributed by atoms with Crippen LogP contribution >= 0.6 is 0 Å². The summed E-state index contributed by atoms with van der Waals surface area (Å²) < 4.78 is 30.8. The van der Waals surface area contributed by atoms with Gasteiger partial charge in [-0.05, 0) is 31.0 Å². The highest BCUT2D eigenvalue weighted by molar-refractivity contribution is 5.70. The lowest BCUT2D eigenvalue weighted by Gasteiger charge is -2.17. The molecular formula is C14H19F2NO3. The molecule has 0 aromatic heterocycles. The van der Waals surface area contributed by atoms with Gasteiger partial charge in [-0.1, -0.05) is 6.07 Å². The quantitative estimate of drug-likeness (QED) is 0.710. The van der Waals surface area contributed by atoms with Crippen molar-refractivity contribution in [1.29, 1.82) is 0 Å². The third-order valence-corrected chi connectivity index (χ3v) is 2.73. The Kier molecular flexibility index (Phi) is 7.11. The van der Waals surface area contributed by atoms with Crippen LogP contribution in [0.25, 0.3) is 0 Å². The minimum Gasteiger partial charge on any atom is -0.466 e. The van der Waals surface area contributed by atoms with Crippen LogP contribution in [0.4, 0.5) is 8.78 Å². The molecule has 0 spiro atoms. The lowest BCUT2D eigenvalue weighted by atomic mass is 10.0. The number of carbonyl (C=O) groups excluding carboxylic acids is 1. The Hall–Kier alpha value is -1.53. The predicted octanol–water partition coefficient (Wildman–Crippen LogP) is 1.41. The van der Waals surface area contributed by atoms with Gasteiger partial charge in [0.15, 0.2) is 11.6 Å². The molecule has 0 bridgehead atoms. The summed E-state index contributed by atoms with van der Waals surface area (Å²) in [5, 5.41) is 11.8. The van der Waals surface area contributed by atoms with Gasteiger partial charge in [-0.3, -0.25) is 4.79 Å². The molecule has 0 saturated heterocycles. The van der Waals surface area contributed by atoms with E-state index in [0.717, 1.165) is 12.1 Å². The Morgan fingerprint density at radius 1 is 1.40 bits per heavy atom. The Morgan fingerprint density at radius 2 is 2.15 bits per heavy atom. The SMILES string of the molecule is CCOC(=O)CC(Cc1ccc(F)c(F)c1)NCCO. The number of esters is 1. The monoisotopic (exact) mass is 287 g/mol. The molecule has 0 aliphatic rings. The molecule has 20 heavy (non-hydrogen) atoms. The van der Waals surface area contributed by atoms with Crippen LogP contribution in [0.15, 0.2) is 18.2 Å². The largest absolute Gasteiger partial charge is 0.466 e. The van der Waals surface area contributed by atoms with E-state index in [9.17, 15) is 13.6 Å². The number of ether oxygens (including phenoxy) is 1. The van der Waals surface area contributed by atoms with Crippen molar-refractivity contribution in [3.05, 3.63) is 35.4 Å². The molecule has 0 aliphatic heterocycles. The molecule has 1 unspecified atom stereocenters. The Morgan fingerprint density at radius 3 is 2.75 bits per heavy atom. The fourth-order valence-electron chi connectivity index (χ4n) is 1.86. The Labute approximate surface area is 116 Å². The number of nitrogens with one attached hydrogen (secondary N) is 1. The molecule has 0 saturated carbocycles. The number of rotatable bonds is 8. The zero-order valence-corrected chi connectivity index (χ0v) is 11.4. The van der Waals surface area contributed by atoms with Gasteiger partial charge in [-0.2, -0.15) is 0 Å². The number of halogens is 2. The van der Waals surface area contributed by atoms with Gasteiger partial charge in [0.1, 0.15) is 0 Å². The fourth-order valence-corrected chi connectivity index (χ4v) is 1.86. The van der Waals surface area contributed by atoms with Gasteiger partial charge in [-0.25, -0.2) is 8.78 Å². The number of hydrogen-bond acceptors (Lipinski definition) is 4. The summed E-state index contributed by atoms with van der Waals surface area (Å²) in [5.74, 6) is -2.19. The van der Waals surface area contributed by atoms with Crippen molar-refractivity contribution in [2.75, 3.05) is 19.8 Å². The van der Waals surface area contributed by atoms with E-state index in [0.29, 0.717) is 18.5 Å². The number of aliphatic hydroxyl groups excluding tert-OH is 1. The fraction of sp³-hybridized carbons (Fsp3) is 0.500. The maximum atomic E-state index is 13.1. The van der Waals surface area contributed by atoms with Gasteiger partial charge in [0.05, 0.1) is 19.6 Å². The van der Waals surface area contributed by atoms with E-state index in [-0.39, 0.29) is 31.6 Å². The van der Waals surface area contributed by atoms with Crippen molar-refractivity contribution in [2.45, 2.75) is 25.8 Å². The average Bonchev–Trinajstić information content (AvgIpc) is 2.40. The Balaban J connectivity index is 2.67. The standard InChI is InChI=1S/C14H19F2NO3/c1-2-20-14(19)9-11(17-5-6-18)7-10-3-4-12(15)13(16)8-10/h3-4,8,11,17-18H,2,5-7,9H2,1H3. The van der Waals surface area contributed by atoms with Crippen molar-refractivity contribution >= 4 is 5.97 Å². The molecule has 0 radical (unpaired) electrons. The van der Waals surface area contributed by atoms with Gasteiger partial charge in [0.2, 0.25) is 0 Å². The minimum absolute atomic E-state index is 0.0723. The summed E-state index contributed by atoms with van der Waals surface area (Å²) >= 11 is 0. The molecule has 1 rings (SSSR count). The molecule has 0 fully saturated rings. The summed E-state index contributed by atoms with van der Waals surface area (Å²) in [4.78, 5) is 11.5. The minimum atomic E-state index is -0.917. The highest BCUT2D eigenvalue weighted by Crippen LogP contribution is 2.12. The second-order valence-electron chi connectivity index (χ2n) is 4.34. The molecule has 4 nitrogen and oxygen atoms in total. The van der Waals surface area contributed by atoms with Gasteiger partial charge in [-0.15, -0.1) is 0 Å². The molecule has 0 amide bonds. The third kappa shape index (κ3) is 5.63. The first-order chi connectivity index (χ1) is 9.56. The van der Waals surface area contributed by atoms with E-state index in [4.69, 9.17) is 9.84 Å². The van der Waals surface area contributed by atoms with E-state index in [2.05, 4.69) is 5.32 Å². The first-order valence-electron chi connectivity index (χ1n) is 6.50. The molecular weight excluding hydrogens is 268 g/mol. The van der Waals surface area contributed by atoms with Crippen LogP contribution in [0.1, 0.15) is 18.9 Å².